The van der Waals surface area contributed by atoms with Gasteiger partial charge in [0.25, 0.3) is 5.91 Å². The van der Waals surface area contributed by atoms with Crippen molar-refractivity contribution in [1.29, 1.82) is 5.26 Å². The first-order valence-electron chi connectivity index (χ1n) is 12.3. The average Bonchev–Trinajstić information content (AvgIpc) is 3.20. The number of nitriles is 1. The van der Waals surface area contributed by atoms with Crippen LogP contribution in [-0.4, -0.2) is 65.3 Å². The predicted molar refractivity (Wildman–Crippen MR) is 131 cm³/mol. The van der Waals surface area contributed by atoms with Crippen molar-refractivity contribution < 1.29 is 19.1 Å². The van der Waals surface area contributed by atoms with Crippen molar-refractivity contribution >= 4 is 17.7 Å². The fourth-order valence-electron chi connectivity index (χ4n) is 5.22. The van der Waals surface area contributed by atoms with E-state index in [1.165, 1.54) is 10.5 Å². The molecule has 3 aliphatic rings. The molecule has 2 N–H and O–H groups in total. The number of piperidine rings is 2. The summed E-state index contributed by atoms with van der Waals surface area (Å²) in [5.74, 6) is -0.270. The predicted octanol–water partition coefficient (Wildman–Crippen LogP) is 1.58. The van der Waals surface area contributed by atoms with Crippen molar-refractivity contribution in [2.45, 2.75) is 50.5 Å². The lowest BCUT2D eigenvalue weighted by Gasteiger charge is -2.38. The van der Waals surface area contributed by atoms with Crippen LogP contribution in [0.3, 0.4) is 0 Å². The number of imide groups is 1. The highest BCUT2D eigenvalue weighted by Gasteiger charge is 2.39. The van der Waals surface area contributed by atoms with Crippen LogP contribution >= 0.6 is 0 Å². The maximum Gasteiger partial charge on any atom is 0.255 e. The van der Waals surface area contributed by atoms with E-state index >= 15 is 0 Å². The smallest absolute Gasteiger partial charge is 0.255 e. The molecule has 0 saturated carbocycles. The maximum absolute atomic E-state index is 13.0. The first-order chi connectivity index (χ1) is 17.5. The van der Waals surface area contributed by atoms with Gasteiger partial charge in [-0.25, -0.2) is 0 Å². The molecule has 9 nitrogen and oxygen atoms in total. The molecule has 3 aliphatic heterocycles. The maximum atomic E-state index is 13.0. The van der Waals surface area contributed by atoms with Crippen molar-refractivity contribution in [3.8, 4) is 11.8 Å². The third-order valence-corrected chi connectivity index (χ3v) is 7.13. The van der Waals surface area contributed by atoms with Gasteiger partial charge in [0.05, 0.1) is 12.6 Å². The quantitative estimate of drug-likeness (QED) is 0.450. The van der Waals surface area contributed by atoms with Gasteiger partial charge in [0.2, 0.25) is 11.8 Å². The van der Waals surface area contributed by atoms with Gasteiger partial charge in [0.15, 0.2) is 0 Å². The lowest BCUT2D eigenvalue weighted by atomic mass is 10.0. The lowest BCUT2D eigenvalue weighted by Crippen LogP contribution is -2.54. The summed E-state index contributed by atoms with van der Waals surface area (Å²) in [6.07, 6.45) is 1.24. The molecule has 1 unspecified atom stereocenters. The van der Waals surface area contributed by atoms with E-state index < -0.39 is 11.9 Å². The highest BCUT2D eigenvalue weighted by atomic mass is 16.5. The molecule has 0 spiro atoms. The fraction of sp³-hybridized carbons (Fsp3) is 0.407. The molecule has 0 bridgehead atoms. The van der Waals surface area contributed by atoms with E-state index in [4.69, 9.17) is 4.74 Å². The van der Waals surface area contributed by atoms with E-state index in [1.54, 1.807) is 12.1 Å². The number of hydrogen-bond donors (Lipinski definition) is 2. The van der Waals surface area contributed by atoms with E-state index in [-0.39, 0.29) is 30.4 Å². The van der Waals surface area contributed by atoms with E-state index in [0.29, 0.717) is 37.4 Å². The first kappa shape index (κ1) is 24.0. The highest BCUT2D eigenvalue weighted by Crippen LogP contribution is 2.31. The van der Waals surface area contributed by atoms with Gasteiger partial charge in [-0.1, -0.05) is 30.3 Å². The molecule has 0 radical (unpaired) electrons. The van der Waals surface area contributed by atoms with Crippen molar-refractivity contribution in [2.75, 3.05) is 19.6 Å². The Balaban J connectivity index is 1.29. The minimum Gasteiger partial charge on any atom is -0.487 e. The van der Waals surface area contributed by atoms with Crippen LogP contribution in [0.25, 0.3) is 0 Å². The summed E-state index contributed by atoms with van der Waals surface area (Å²) in [7, 11) is 0. The Labute approximate surface area is 210 Å². The summed E-state index contributed by atoms with van der Waals surface area (Å²) >= 11 is 0. The Morgan fingerprint density at radius 2 is 1.94 bits per heavy atom. The third-order valence-electron chi connectivity index (χ3n) is 7.13. The summed E-state index contributed by atoms with van der Waals surface area (Å²) in [5.41, 5.74) is 2.56. The minimum absolute atomic E-state index is 0.106. The second kappa shape index (κ2) is 10.5. The van der Waals surface area contributed by atoms with Gasteiger partial charge in [-0.3, -0.25) is 24.6 Å². The second-order valence-electron chi connectivity index (χ2n) is 9.53. The van der Waals surface area contributed by atoms with Crippen LogP contribution in [0.15, 0.2) is 48.5 Å². The SMILES string of the molecule is N#CCN1CC[C@@H](NCc2ccccc2)[C@H](Oc2ccc3c(c2)CN(C2CCC(=O)NC2=O)C3=O)C1. The van der Waals surface area contributed by atoms with Crippen LogP contribution in [0.4, 0.5) is 0 Å². The molecule has 9 heteroatoms. The third kappa shape index (κ3) is 5.10. The molecule has 3 atom stereocenters. The Kier molecular flexibility index (Phi) is 6.98. The van der Waals surface area contributed by atoms with Gasteiger partial charge in [-0.2, -0.15) is 5.26 Å². The molecule has 2 aromatic rings. The summed E-state index contributed by atoms with van der Waals surface area (Å²) in [6.45, 7) is 2.82. The number of nitrogens with one attached hydrogen (secondary N) is 2. The topological polar surface area (TPSA) is 115 Å². The largest absolute Gasteiger partial charge is 0.487 e. The fourth-order valence-corrected chi connectivity index (χ4v) is 5.22. The molecular weight excluding hydrogens is 458 g/mol. The molecule has 186 valence electrons. The number of amides is 3. The molecule has 2 fully saturated rings. The summed E-state index contributed by atoms with van der Waals surface area (Å²) < 4.78 is 6.44. The number of likely N-dealkylation sites (tertiary alicyclic amines) is 1. The zero-order valence-corrected chi connectivity index (χ0v) is 20.0. The van der Waals surface area contributed by atoms with E-state index in [2.05, 4.69) is 33.7 Å². The molecule has 0 aliphatic carbocycles. The van der Waals surface area contributed by atoms with Gasteiger partial charge in [-0.05, 0) is 42.2 Å². The standard InChI is InChI=1S/C27H29N5O4/c28-11-13-31-12-10-22(29-15-18-4-2-1-3-5-18)24(17-31)36-20-6-7-21-19(14-20)16-32(27(21)35)23-8-9-25(33)30-26(23)34/h1-7,14,22-24,29H,8-10,12-13,15-17H2,(H,30,33,34)/t22-,23?,24-/m1/s1. The Bertz CT molecular complexity index is 1190. The molecular formula is C27H29N5O4. The number of fused-ring (bicyclic) bond motifs is 1. The van der Waals surface area contributed by atoms with E-state index in [0.717, 1.165) is 25.1 Å². The number of ether oxygens (including phenoxy) is 1. The van der Waals surface area contributed by atoms with E-state index in [1.807, 2.05) is 24.3 Å². The monoisotopic (exact) mass is 487 g/mol. The molecule has 36 heavy (non-hydrogen) atoms. The molecule has 0 aromatic heterocycles. The second-order valence-corrected chi connectivity index (χ2v) is 9.53. The van der Waals surface area contributed by atoms with E-state index in [9.17, 15) is 19.6 Å². The van der Waals surface area contributed by atoms with Crippen LogP contribution in [0, 0.1) is 11.3 Å². The van der Waals surface area contributed by atoms with Gasteiger partial charge >= 0.3 is 0 Å². The van der Waals surface area contributed by atoms with Crippen LogP contribution < -0.4 is 15.4 Å². The number of carbonyl (C=O) groups excluding carboxylic acids is 3. The van der Waals surface area contributed by atoms with Gasteiger partial charge in [0.1, 0.15) is 17.9 Å². The summed E-state index contributed by atoms with van der Waals surface area (Å²) in [5, 5.41) is 15.1. The number of nitrogens with zero attached hydrogens (tertiary/aromatic N) is 3. The van der Waals surface area contributed by atoms with Gasteiger partial charge in [-0.15, -0.1) is 0 Å². The molecule has 2 aromatic carbocycles. The molecule has 2 saturated heterocycles. The van der Waals surface area contributed by atoms with Crippen LogP contribution in [-0.2, 0) is 22.7 Å². The first-order valence-corrected chi connectivity index (χ1v) is 12.3. The lowest BCUT2D eigenvalue weighted by molar-refractivity contribution is -0.136. The number of rotatable bonds is 7. The van der Waals surface area contributed by atoms with Crippen molar-refractivity contribution in [3.05, 3.63) is 65.2 Å². The molecule has 5 rings (SSSR count). The van der Waals surface area contributed by atoms with Gasteiger partial charge in [0, 0.05) is 44.2 Å². The van der Waals surface area contributed by atoms with Crippen molar-refractivity contribution in [1.82, 2.24) is 20.4 Å². The van der Waals surface area contributed by atoms with Crippen molar-refractivity contribution in [2.24, 2.45) is 0 Å². The number of carbonyl (C=O) groups is 3. The van der Waals surface area contributed by atoms with Crippen LogP contribution in [0.5, 0.6) is 5.75 Å². The van der Waals surface area contributed by atoms with Crippen LogP contribution in [0.2, 0.25) is 0 Å². The van der Waals surface area contributed by atoms with Gasteiger partial charge < -0.3 is 15.0 Å². The zero-order chi connectivity index (χ0) is 25.1. The number of benzene rings is 2. The number of hydrogen-bond acceptors (Lipinski definition) is 7. The zero-order valence-electron chi connectivity index (χ0n) is 20.0. The normalized spacial score (nSPS) is 24.2. The molecule has 3 heterocycles. The summed E-state index contributed by atoms with van der Waals surface area (Å²) in [4.78, 5) is 40.4. The molecule has 3 amide bonds. The van der Waals surface area contributed by atoms with Crippen molar-refractivity contribution in [3.63, 3.8) is 0 Å². The van der Waals surface area contributed by atoms with Crippen LogP contribution in [0.1, 0.15) is 40.7 Å². The Morgan fingerprint density at radius 1 is 1.11 bits per heavy atom. The minimum atomic E-state index is -0.642. The summed E-state index contributed by atoms with van der Waals surface area (Å²) in [6, 6.07) is 17.3. The Morgan fingerprint density at radius 3 is 2.72 bits per heavy atom. The average molecular weight is 488 g/mol. The highest BCUT2D eigenvalue weighted by molar-refractivity contribution is 6.05. The Hall–Kier alpha value is -3.74.